The lowest BCUT2D eigenvalue weighted by Gasteiger charge is -2.27. The molecule has 0 bridgehead atoms. The van der Waals surface area contributed by atoms with E-state index in [0.29, 0.717) is 22.8 Å². The van der Waals surface area contributed by atoms with Gasteiger partial charge in [0.05, 0.1) is 11.4 Å². The minimum atomic E-state index is -0.690. The van der Waals surface area contributed by atoms with Gasteiger partial charge in [-0.3, -0.25) is 9.59 Å². The predicted molar refractivity (Wildman–Crippen MR) is 97.5 cm³/mol. The number of benzene rings is 2. The number of phenols is 1. The molecule has 1 N–H and O–H groups in total. The van der Waals surface area contributed by atoms with Crippen LogP contribution in [0.2, 0.25) is 5.02 Å². The van der Waals surface area contributed by atoms with Crippen LogP contribution in [-0.4, -0.2) is 16.9 Å². The van der Waals surface area contributed by atoms with Gasteiger partial charge in [0, 0.05) is 5.02 Å². The lowest BCUT2D eigenvalue weighted by atomic mass is 10.0. The zero-order valence-corrected chi connectivity index (χ0v) is 14.6. The maximum absolute atomic E-state index is 12.9. The number of halogens is 1. The van der Waals surface area contributed by atoms with Gasteiger partial charge < -0.3 is 5.11 Å². The molecule has 6 heteroatoms. The van der Waals surface area contributed by atoms with Crippen LogP contribution in [-0.2, 0) is 9.59 Å². The molecule has 3 rings (SSSR count). The van der Waals surface area contributed by atoms with Crippen molar-refractivity contribution in [2.24, 2.45) is 5.92 Å². The Hall–Kier alpha value is -2.53. The Balaban J connectivity index is 2.03. The maximum atomic E-state index is 12.9. The summed E-state index contributed by atoms with van der Waals surface area (Å²) >= 11 is 5.94. The Kier molecular flexibility index (Phi) is 4.95. The molecule has 2 aromatic rings. The lowest BCUT2D eigenvalue weighted by Crippen LogP contribution is -2.41. The van der Waals surface area contributed by atoms with Crippen LogP contribution >= 0.6 is 11.6 Å². The number of hydrogen-bond donors (Lipinski definition) is 1. The van der Waals surface area contributed by atoms with Crippen molar-refractivity contribution in [3.05, 3.63) is 53.6 Å². The van der Waals surface area contributed by atoms with Crippen LogP contribution in [0, 0.1) is 5.92 Å². The van der Waals surface area contributed by atoms with Crippen molar-refractivity contribution in [2.45, 2.75) is 26.2 Å². The highest BCUT2D eigenvalue weighted by molar-refractivity contribution is 6.30. The molecule has 2 aromatic carbocycles. The monoisotopic (exact) mass is 358 g/mol. The third-order valence-corrected chi connectivity index (χ3v) is 4.48. The summed E-state index contributed by atoms with van der Waals surface area (Å²) in [6.45, 7) is 2.03. The molecular weight excluding hydrogens is 340 g/mol. The Morgan fingerprint density at radius 2 is 1.40 bits per heavy atom. The fraction of sp³-hybridized carbons (Fsp3) is 0.263. The van der Waals surface area contributed by atoms with Gasteiger partial charge in [-0.15, -0.1) is 0 Å². The summed E-state index contributed by atoms with van der Waals surface area (Å²) in [5, 5.41) is 12.8. The topological polar surface area (TPSA) is 60.9 Å². The molecule has 1 atom stereocenters. The van der Waals surface area contributed by atoms with Crippen LogP contribution in [0.25, 0.3) is 0 Å². The first-order chi connectivity index (χ1) is 12.0. The molecule has 1 heterocycles. The second-order valence-electron chi connectivity index (χ2n) is 5.99. The molecule has 0 saturated carbocycles. The van der Waals surface area contributed by atoms with E-state index in [-0.39, 0.29) is 17.6 Å². The number of nitrogens with zero attached hydrogens (tertiary/aromatic N) is 2. The highest BCUT2D eigenvalue weighted by atomic mass is 35.5. The normalized spacial score (nSPS) is 17.4. The van der Waals surface area contributed by atoms with Crippen LogP contribution in [0.1, 0.15) is 26.2 Å². The molecule has 2 amide bonds. The van der Waals surface area contributed by atoms with Crippen molar-refractivity contribution in [3.8, 4) is 5.75 Å². The molecule has 0 spiro atoms. The number of carbonyl (C=O) groups is 2. The van der Waals surface area contributed by atoms with Crippen molar-refractivity contribution in [1.82, 2.24) is 0 Å². The van der Waals surface area contributed by atoms with Gasteiger partial charge in [-0.05, 0) is 55.0 Å². The minimum Gasteiger partial charge on any atom is -0.508 e. The van der Waals surface area contributed by atoms with E-state index in [4.69, 9.17) is 11.6 Å². The molecule has 0 aromatic heterocycles. The zero-order valence-electron chi connectivity index (χ0n) is 13.9. The summed E-state index contributed by atoms with van der Waals surface area (Å²) in [7, 11) is 0. The van der Waals surface area contributed by atoms with Gasteiger partial charge in [-0.2, -0.15) is 0 Å². The summed E-state index contributed by atoms with van der Waals surface area (Å²) < 4.78 is 0. The fourth-order valence-corrected chi connectivity index (χ4v) is 3.04. The SMILES string of the molecule is CCCCC1C(=O)N(c2ccc(O)cc2)N(c2ccc(Cl)cc2)C1=O. The molecule has 5 nitrogen and oxygen atoms in total. The van der Waals surface area contributed by atoms with Crippen LogP contribution in [0.3, 0.4) is 0 Å². The minimum absolute atomic E-state index is 0.0994. The van der Waals surface area contributed by atoms with E-state index in [1.807, 2.05) is 6.92 Å². The Labute approximate surface area is 151 Å². The van der Waals surface area contributed by atoms with Gasteiger partial charge in [0.15, 0.2) is 0 Å². The van der Waals surface area contributed by atoms with Gasteiger partial charge >= 0.3 is 0 Å². The molecule has 0 aliphatic carbocycles. The summed E-state index contributed by atoms with van der Waals surface area (Å²) in [6.07, 6.45) is 2.24. The van der Waals surface area contributed by atoms with E-state index in [9.17, 15) is 14.7 Å². The molecule has 25 heavy (non-hydrogen) atoms. The first-order valence-electron chi connectivity index (χ1n) is 8.25. The summed E-state index contributed by atoms with van der Waals surface area (Å²) in [6, 6.07) is 13.0. The number of hydrazine groups is 1. The second-order valence-corrected chi connectivity index (χ2v) is 6.42. The molecule has 0 radical (unpaired) electrons. The number of hydrogen-bond acceptors (Lipinski definition) is 3. The Morgan fingerprint density at radius 3 is 1.88 bits per heavy atom. The van der Waals surface area contributed by atoms with Gasteiger partial charge in [0.25, 0.3) is 11.8 Å². The Morgan fingerprint density at radius 1 is 0.920 bits per heavy atom. The van der Waals surface area contributed by atoms with E-state index in [2.05, 4.69) is 0 Å². The third kappa shape index (κ3) is 3.33. The summed E-state index contributed by atoms with van der Waals surface area (Å²) in [5.41, 5.74) is 1.11. The zero-order chi connectivity index (χ0) is 18.0. The molecule has 130 valence electrons. The van der Waals surface area contributed by atoms with Gasteiger partial charge in [-0.1, -0.05) is 31.4 Å². The van der Waals surface area contributed by atoms with Crippen molar-refractivity contribution in [3.63, 3.8) is 0 Å². The van der Waals surface area contributed by atoms with E-state index in [1.165, 1.54) is 22.2 Å². The average molecular weight is 359 g/mol. The number of amides is 2. The van der Waals surface area contributed by atoms with E-state index < -0.39 is 5.92 Å². The second kappa shape index (κ2) is 7.15. The highest BCUT2D eigenvalue weighted by Gasteiger charge is 2.46. The number of aromatic hydroxyl groups is 1. The van der Waals surface area contributed by atoms with Crippen molar-refractivity contribution in [2.75, 3.05) is 10.0 Å². The first-order valence-corrected chi connectivity index (χ1v) is 8.63. The van der Waals surface area contributed by atoms with E-state index in [0.717, 1.165) is 12.8 Å². The van der Waals surface area contributed by atoms with Gasteiger partial charge in [0.2, 0.25) is 0 Å². The highest BCUT2D eigenvalue weighted by Crippen LogP contribution is 2.34. The number of unbranched alkanes of at least 4 members (excludes halogenated alkanes) is 1. The average Bonchev–Trinajstić information content (AvgIpc) is 2.85. The Bertz CT molecular complexity index is 711. The van der Waals surface area contributed by atoms with Gasteiger partial charge in [-0.25, -0.2) is 10.0 Å². The van der Waals surface area contributed by atoms with E-state index in [1.54, 1.807) is 36.4 Å². The number of phenolic OH excluding ortho intramolecular Hbond substituents is 1. The van der Waals surface area contributed by atoms with Crippen molar-refractivity contribution < 1.29 is 14.7 Å². The van der Waals surface area contributed by atoms with Gasteiger partial charge in [0.1, 0.15) is 11.7 Å². The van der Waals surface area contributed by atoms with Crippen molar-refractivity contribution >= 4 is 34.8 Å². The largest absolute Gasteiger partial charge is 0.508 e. The predicted octanol–water partition coefficient (Wildman–Crippen LogP) is 4.15. The standard InChI is InChI=1S/C19H19ClN2O3/c1-2-3-4-17-18(24)21(14-7-5-13(20)6-8-14)22(19(17)25)15-9-11-16(23)12-10-15/h5-12,17,23H,2-4H2,1H3. The first kappa shape index (κ1) is 17.3. The van der Waals surface area contributed by atoms with Crippen LogP contribution in [0.5, 0.6) is 5.75 Å². The molecular formula is C19H19ClN2O3. The van der Waals surface area contributed by atoms with Crippen LogP contribution in [0.15, 0.2) is 48.5 Å². The lowest BCUT2D eigenvalue weighted by molar-refractivity contribution is -0.127. The smallest absolute Gasteiger partial charge is 0.258 e. The molecule has 1 aliphatic rings. The maximum Gasteiger partial charge on any atom is 0.258 e. The third-order valence-electron chi connectivity index (χ3n) is 4.23. The fourth-order valence-electron chi connectivity index (χ4n) is 2.91. The number of carbonyl (C=O) groups excluding carboxylic acids is 2. The number of anilines is 2. The molecule has 1 saturated heterocycles. The van der Waals surface area contributed by atoms with E-state index >= 15 is 0 Å². The summed E-state index contributed by atoms with van der Waals surface area (Å²) in [5.74, 6) is -1.08. The molecule has 1 fully saturated rings. The van der Waals surface area contributed by atoms with Crippen LogP contribution in [0.4, 0.5) is 11.4 Å². The van der Waals surface area contributed by atoms with Crippen LogP contribution < -0.4 is 10.0 Å². The molecule has 1 aliphatic heterocycles. The van der Waals surface area contributed by atoms with Crippen molar-refractivity contribution in [1.29, 1.82) is 0 Å². The summed E-state index contributed by atoms with van der Waals surface area (Å²) in [4.78, 5) is 25.9. The number of rotatable bonds is 5. The quantitative estimate of drug-likeness (QED) is 0.817. The molecule has 1 unspecified atom stereocenters.